The molecule has 1 fully saturated rings. The lowest BCUT2D eigenvalue weighted by molar-refractivity contribution is -0.142. The molecule has 0 aromatic rings. The smallest absolute Gasteiger partial charge is 0.325 e. The van der Waals surface area contributed by atoms with Crippen LogP contribution in [-0.2, 0) is 19.2 Å². The number of carbonyl (C=O) groups excluding carboxylic acids is 2. The van der Waals surface area contributed by atoms with Gasteiger partial charge in [0, 0.05) is 23.8 Å². The molecule has 4 N–H and O–H groups in total. The summed E-state index contributed by atoms with van der Waals surface area (Å²) in [6.07, 6.45) is 3.76. The van der Waals surface area contributed by atoms with E-state index >= 15 is 0 Å². The summed E-state index contributed by atoms with van der Waals surface area (Å²) in [5.74, 6) is -2.13. The molecule has 0 aromatic carbocycles. The molecule has 28 heavy (non-hydrogen) atoms. The Labute approximate surface area is 187 Å². The zero-order valence-electron chi connectivity index (χ0n) is 15.7. The Morgan fingerprint density at radius 2 is 1.75 bits per heavy atom. The van der Waals surface area contributed by atoms with Gasteiger partial charge in [-0.05, 0) is 32.6 Å². The number of rotatable bonds is 12. The number of amides is 2. The molecule has 2 amide bonds. The Bertz CT molecular complexity index is 517. The van der Waals surface area contributed by atoms with E-state index in [4.69, 9.17) is 10.2 Å². The Morgan fingerprint density at radius 1 is 1.07 bits per heavy atom. The molecule has 0 aliphatic carbocycles. The minimum absolute atomic E-state index is 0. The molecule has 1 rings (SSSR count). The zero-order chi connectivity index (χ0) is 19.5. The van der Waals surface area contributed by atoms with Crippen molar-refractivity contribution in [3.05, 3.63) is 0 Å². The van der Waals surface area contributed by atoms with E-state index in [0.29, 0.717) is 11.7 Å². The van der Waals surface area contributed by atoms with Crippen molar-refractivity contribution in [2.45, 2.75) is 69.2 Å². The highest BCUT2D eigenvalue weighted by atomic mass is 33.1. The van der Waals surface area contributed by atoms with E-state index in [1.165, 1.54) is 19.1 Å². The molecule has 0 radical (unpaired) electrons. The molecule has 1 aliphatic rings. The molecule has 1 heterocycles. The van der Waals surface area contributed by atoms with Crippen LogP contribution in [0.3, 0.4) is 0 Å². The van der Waals surface area contributed by atoms with Gasteiger partial charge >= 0.3 is 11.9 Å². The predicted molar refractivity (Wildman–Crippen MR) is 122 cm³/mol. The summed E-state index contributed by atoms with van der Waals surface area (Å²) in [6.45, 7) is 1.30. The maximum atomic E-state index is 12.1. The maximum absolute atomic E-state index is 12.1. The molecular formula is C16H30N2O6S4. The number of carboxylic acid groups (broad SMARTS) is 2. The van der Waals surface area contributed by atoms with Crippen molar-refractivity contribution in [3.63, 3.8) is 0 Å². The van der Waals surface area contributed by atoms with Crippen molar-refractivity contribution >= 4 is 72.3 Å². The first-order valence-corrected chi connectivity index (χ1v) is 11.0. The number of aliphatic carboxylic acids is 2. The molecule has 164 valence electrons. The average molecular weight is 475 g/mol. The van der Waals surface area contributed by atoms with Crippen LogP contribution < -0.4 is 10.6 Å². The van der Waals surface area contributed by atoms with Crippen LogP contribution in [0, 0.1) is 0 Å². The van der Waals surface area contributed by atoms with E-state index < -0.39 is 29.9 Å². The normalized spacial score (nSPS) is 17.4. The first-order chi connectivity index (χ1) is 12.3. The van der Waals surface area contributed by atoms with Crippen LogP contribution in [0.1, 0.15) is 51.9 Å². The second kappa shape index (κ2) is 16.1. The molecule has 0 unspecified atom stereocenters. The van der Waals surface area contributed by atoms with E-state index in [9.17, 15) is 19.2 Å². The Balaban J connectivity index is 0. The van der Waals surface area contributed by atoms with E-state index in [0.717, 1.165) is 12.8 Å². The summed E-state index contributed by atoms with van der Waals surface area (Å²) in [6, 6.07) is -2.17. The third kappa shape index (κ3) is 12.7. The number of hydrogen-bond donors (Lipinski definition) is 4. The van der Waals surface area contributed by atoms with Crippen LogP contribution in [0.2, 0.25) is 0 Å². The van der Waals surface area contributed by atoms with Crippen molar-refractivity contribution in [1.29, 1.82) is 0 Å². The topological polar surface area (TPSA) is 133 Å². The van der Waals surface area contributed by atoms with Gasteiger partial charge in [-0.1, -0.05) is 28.0 Å². The molecule has 0 bridgehead atoms. The van der Waals surface area contributed by atoms with Crippen molar-refractivity contribution in [2.75, 3.05) is 5.75 Å². The zero-order valence-corrected chi connectivity index (χ0v) is 19.4. The number of hydrogen-bond acceptors (Lipinski definition) is 6. The SMILES string of the molecule is C[C@H](NC(=O)[C@H](CCC(=O)O)NC(=O)CCCC[C@@H]1CCSS1)C(=O)O.S.S. The summed E-state index contributed by atoms with van der Waals surface area (Å²) in [4.78, 5) is 45.7. The van der Waals surface area contributed by atoms with E-state index in [-0.39, 0.29) is 52.2 Å². The number of unbranched alkanes of at least 4 members (excludes halogenated alkanes) is 1. The van der Waals surface area contributed by atoms with Crippen molar-refractivity contribution in [3.8, 4) is 0 Å². The first kappa shape index (κ1) is 29.5. The van der Waals surface area contributed by atoms with Gasteiger partial charge in [0.15, 0.2) is 0 Å². The summed E-state index contributed by atoms with van der Waals surface area (Å²) < 4.78 is 0. The molecule has 0 aromatic heterocycles. The quantitative estimate of drug-likeness (QED) is 0.249. The third-order valence-electron chi connectivity index (χ3n) is 3.93. The lowest BCUT2D eigenvalue weighted by Crippen LogP contribution is -2.50. The van der Waals surface area contributed by atoms with Gasteiger partial charge in [0.2, 0.25) is 11.8 Å². The van der Waals surface area contributed by atoms with Gasteiger partial charge in [-0.25, -0.2) is 0 Å². The minimum Gasteiger partial charge on any atom is -0.481 e. The molecule has 8 nitrogen and oxygen atoms in total. The lowest BCUT2D eigenvalue weighted by atomic mass is 10.1. The Kier molecular flexibility index (Phi) is 17.0. The molecule has 0 saturated carbocycles. The van der Waals surface area contributed by atoms with Crippen molar-refractivity contribution < 1.29 is 29.4 Å². The van der Waals surface area contributed by atoms with Gasteiger partial charge < -0.3 is 20.8 Å². The summed E-state index contributed by atoms with van der Waals surface area (Å²) in [7, 11) is 3.77. The van der Waals surface area contributed by atoms with Crippen LogP contribution in [-0.4, -0.2) is 57.1 Å². The number of carboxylic acids is 2. The van der Waals surface area contributed by atoms with Crippen LogP contribution in [0.25, 0.3) is 0 Å². The fourth-order valence-corrected chi connectivity index (χ4v) is 5.43. The largest absolute Gasteiger partial charge is 0.481 e. The van der Waals surface area contributed by atoms with Crippen molar-refractivity contribution in [1.82, 2.24) is 10.6 Å². The van der Waals surface area contributed by atoms with E-state index in [1.54, 1.807) is 0 Å². The fraction of sp³-hybridized carbons (Fsp3) is 0.750. The molecule has 12 heteroatoms. The minimum atomic E-state index is -1.20. The summed E-state index contributed by atoms with van der Waals surface area (Å²) in [5.41, 5.74) is 0. The summed E-state index contributed by atoms with van der Waals surface area (Å²) in [5, 5.41) is 23.1. The molecular weight excluding hydrogens is 444 g/mol. The molecule has 1 aliphatic heterocycles. The predicted octanol–water partition coefficient (Wildman–Crippen LogP) is 1.87. The number of nitrogens with one attached hydrogen (secondary N) is 2. The highest BCUT2D eigenvalue weighted by Gasteiger charge is 2.24. The molecule has 1 saturated heterocycles. The van der Waals surface area contributed by atoms with Crippen molar-refractivity contribution in [2.24, 2.45) is 0 Å². The standard InChI is InChI=1S/C16H26N2O6S2.2H2S/c1-10(16(23)24)17-15(22)12(6-7-14(20)21)18-13(19)5-3-2-4-11-8-9-25-26-11;;/h10-12H,2-9H2,1H3,(H,17,22)(H,18,19)(H,20,21)(H,23,24);2*1H2/t10-,11+,12-;;/m0../s1. The van der Waals surface area contributed by atoms with Gasteiger partial charge in [0.05, 0.1) is 0 Å². The van der Waals surface area contributed by atoms with Gasteiger partial charge in [-0.15, -0.1) is 0 Å². The monoisotopic (exact) mass is 474 g/mol. The van der Waals surface area contributed by atoms with E-state index in [1.807, 2.05) is 21.6 Å². The summed E-state index contributed by atoms with van der Waals surface area (Å²) >= 11 is 0. The lowest BCUT2D eigenvalue weighted by Gasteiger charge is -2.19. The van der Waals surface area contributed by atoms with Crippen LogP contribution in [0.15, 0.2) is 0 Å². The van der Waals surface area contributed by atoms with Gasteiger partial charge in [-0.3, -0.25) is 19.2 Å². The third-order valence-corrected chi connectivity index (χ3v) is 6.94. The fourth-order valence-electron chi connectivity index (χ4n) is 2.40. The van der Waals surface area contributed by atoms with Crippen LogP contribution in [0.5, 0.6) is 0 Å². The Morgan fingerprint density at radius 3 is 2.29 bits per heavy atom. The highest BCUT2D eigenvalue weighted by molar-refractivity contribution is 8.77. The van der Waals surface area contributed by atoms with E-state index in [2.05, 4.69) is 10.6 Å². The first-order valence-electron chi connectivity index (χ1n) is 8.62. The second-order valence-corrected chi connectivity index (χ2v) is 8.98. The number of carbonyl (C=O) groups is 4. The highest BCUT2D eigenvalue weighted by Crippen LogP contribution is 2.39. The van der Waals surface area contributed by atoms with Crippen LogP contribution >= 0.6 is 48.6 Å². The molecule has 0 spiro atoms. The van der Waals surface area contributed by atoms with Crippen LogP contribution in [0.4, 0.5) is 0 Å². The maximum Gasteiger partial charge on any atom is 0.325 e. The van der Waals surface area contributed by atoms with Gasteiger partial charge in [-0.2, -0.15) is 27.0 Å². The van der Waals surface area contributed by atoms with Gasteiger partial charge in [0.25, 0.3) is 0 Å². The average Bonchev–Trinajstić information content (AvgIpc) is 3.08. The second-order valence-electron chi connectivity index (χ2n) is 6.20. The molecule has 3 atom stereocenters. The Hall–Kier alpha value is -0.720. The van der Waals surface area contributed by atoms with Gasteiger partial charge in [0.1, 0.15) is 12.1 Å².